The first-order valence-corrected chi connectivity index (χ1v) is 5.80. The maximum absolute atomic E-state index is 5.75. The van der Waals surface area contributed by atoms with Gasteiger partial charge in [0.05, 0.1) is 0 Å². The van der Waals surface area contributed by atoms with Crippen LogP contribution in [-0.2, 0) is 9.31 Å². The molecule has 1 rings (SSSR count). The van der Waals surface area contributed by atoms with Gasteiger partial charge < -0.3 is 9.31 Å². The van der Waals surface area contributed by atoms with Crippen molar-refractivity contribution >= 4 is 7.12 Å². The highest BCUT2D eigenvalue weighted by atomic mass is 16.6. The minimum atomic E-state index is -0.0853. The van der Waals surface area contributed by atoms with Crippen molar-refractivity contribution in [3.05, 3.63) is 12.7 Å². The number of rotatable bonds is 4. The van der Waals surface area contributed by atoms with E-state index in [1.807, 2.05) is 6.08 Å². The third-order valence-corrected chi connectivity index (χ3v) is 2.67. The summed E-state index contributed by atoms with van der Waals surface area (Å²) in [7, 11) is -0.0853. The molecule has 0 spiro atoms. The average Bonchev–Trinajstić information content (AvgIpc) is 2.14. The summed E-state index contributed by atoms with van der Waals surface area (Å²) < 4.78 is 11.5. The van der Waals surface area contributed by atoms with Crippen molar-refractivity contribution in [2.75, 3.05) is 13.2 Å². The van der Waals surface area contributed by atoms with Crippen LogP contribution in [-0.4, -0.2) is 20.3 Å². The van der Waals surface area contributed by atoms with E-state index in [2.05, 4.69) is 34.3 Å². The normalized spacial score (nSPS) is 22.9. The van der Waals surface area contributed by atoms with Crippen LogP contribution in [0.2, 0.25) is 5.82 Å². The fourth-order valence-electron chi connectivity index (χ4n) is 1.82. The Morgan fingerprint density at radius 3 is 2.27 bits per heavy atom. The van der Waals surface area contributed by atoms with Crippen molar-refractivity contribution in [2.45, 2.75) is 39.9 Å². The third kappa shape index (κ3) is 4.00. The van der Waals surface area contributed by atoms with Crippen molar-refractivity contribution in [3.63, 3.8) is 0 Å². The first kappa shape index (κ1) is 12.8. The van der Waals surface area contributed by atoms with E-state index in [0.29, 0.717) is 11.7 Å². The average molecular weight is 210 g/mol. The van der Waals surface area contributed by atoms with Crippen molar-refractivity contribution in [2.24, 2.45) is 11.3 Å². The van der Waals surface area contributed by atoms with Crippen LogP contribution >= 0.6 is 0 Å². The standard InChI is InChI=1S/C12H23BO2/c1-6-11(7-10(2)3)13-14-8-12(4,5)9-15-13/h6,10-11H,1,7-9H2,2-5H3. The molecule has 0 amide bonds. The van der Waals surface area contributed by atoms with Gasteiger partial charge in [-0.25, -0.2) is 0 Å². The summed E-state index contributed by atoms with van der Waals surface area (Å²) in [5, 5.41) is 0. The second-order valence-corrected chi connectivity index (χ2v) is 5.68. The molecule has 1 atom stereocenters. The fourth-order valence-corrected chi connectivity index (χ4v) is 1.82. The van der Waals surface area contributed by atoms with Crippen molar-refractivity contribution in [1.29, 1.82) is 0 Å². The Morgan fingerprint density at radius 1 is 1.33 bits per heavy atom. The lowest BCUT2D eigenvalue weighted by Gasteiger charge is -2.35. The van der Waals surface area contributed by atoms with Gasteiger partial charge >= 0.3 is 7.12 Å². The molecule has 0 saturated carbocycles. The van der Waals surface area contributed by atoms with E-state index in [1.54, 1.807) is 0 Å². The molecule has 15 heavy (non-hydrogen) atoms. The molecule has 0 aromatic rings. The Bertz CT molecular complexity index is 204. The van der Waals surface area contributed by atoms with Crippen LogP contribution < -0.4 is 0 Å². The van der Waals surface area contributed by atoms with Gasteiger partial charge in [-0.05, 0) is 12.3 Å². The molecule has 1 fully saturated rings. The van der Waals surface area contributed by atoms with Gasteiger partial charge in [-0.15, -0.1) is 6.58 Å². The molecular formula is C12H23BO2. The molecule has 0 radical (unpaired) electrons. The Balaban J connectivity index is 2.46. The second kappa shape index (κ2) is 5.17. The molecule has 1 aliphatic rings. The van der Waals surface area contributed by atoms with Gasteiger partial charge in [0.15, 0.2) is 0 Å². The lowest BCUT2D eigenvalue weighted by molar-refractivity contribution is 0.0249. The summed E-state index contributed by atoms with van der Waals surface area (Å²) in [5.41, 5.74) is 0.153. The summed E-state index contributed by atoms with van der Waals surface area (Å²) in [6, 6.07) is 0. The smallest absolute Gasteiger partial charge is 0.410 e. The van der Waals surface area contributed by atoms with Crippen molar-refractivity contribution in [3.8, 4) is 0 Å². The summed E-state index contributed by atoms with van der Waals surface area (Å²) in [6.45, 7) is 14.2. The molecule has 0 aromatic heterocycles. The number of hydrogen-bond donors (Lipinski definition) is 0. The summed E-state index contributed by atoms with van der Waals surface area (Å²) in [6.07, 6.45) is 3.04. The maximum atomic E-state index is 5.75. The van der Waals surface area contributed by atoms with Crippen molar-refractivity contribution in [1.82, 2.24) is 0 Å². The molecule has 86 valence electrons. The summed E-state index contributed by atoms with van der Waals surface area (Å²) in [5.74, 6) is 0.969. The van der Waals surface area contributed by atoms with E-state index in [4.69, 9.17) is 9.31 Å². The molecule has 2 nitrogen and oxygen atoms in total. The molecule has 0 aliphatic carbocycles. The second-order valence-electron chi connectivity index (χ2n) is 5.68. The van der Waals surface area contributed by atoms with Gasteiger partial charge in [0, 0.05) is 24.4 Å². The molecule has 0 aromatic carbocycles. The van der Waals surface area contributed by atoms with Crippen LogP contribution in [0.1, 0.15) is 34.1 Å². The molecule has 1 aliphatic heterocycles. The first-order valence-electron chi connectivity index (χ1n) is 5.80. The van der Waals surface area contributed by atoms with Gasteiger partial charge in [0.1, 0.15) is 0 Å². The summed E-state index contributed by atoms with van der Waals surface area (Å²) in [4.78, 5) is 0. The highest BCUT2D eigenvalue weighted by Gasteiger charge is 2.36. The van der Waals surface area contributed by atoms with E-state index < -0.39 is 0 Å². The third-order valence-electron chi connectivity index (χ3n) is 2.67. The van der Waals surface area contributed by atoms with Gasteiger partial charge in [-0.3, -0.25) is 0 Å². The van der Waals surface area contributed by atoms with Crippen LogP contribution in [0.5, 0.6) is 0 Å². The monoisotopic (exact) mass is 210 g/mol. The highest BCUT2D eigenvalue weighted by Crippen LogP contribution is 2.30. The quantitative estimate of drug-likeness (QED) is 0.524. The van der Waals surface area contributed by atoms with E-state index in [9.17, 15) is 0 Å². The van der Waals surface area contributed by atoms with Gasteiger partial charge in [0.2, 0.25) is 0 Å². The minimum absolute atomic E-state index is 0.0853. The van der Waals surface area contributed by atoms with Gasteiger partial charge in [0.25, 0.3) is 0 Å². The van der Waals surface area contributed by atoms with E-state index in [-0.39, 0.29) is 12.5 Å². The van der Waals surface area contributed by atoms with Crippen LogP contribution in [0.4, 0.5) is 0 Å². The molecule has 0 N–H and O–H groups in total. The summed E-state index contributed by atoms with van der Waals surface area (Å²) >= 11 is 0. The van der Waals surface area contributed by atoms with Gasteiger partial charge in [-0.2, -0.15) is 0 Å². The van der Waals surface area contributed by atoms with E-state index >= 15 is 0 Å². The predicted molar refractivity (Wildman–Crippen MR) is 64.8 cm³/mol. The SMILES string of the molecule is C=CC(CC(C)C)B1OCC(C)(C)CO1. The lowest BCUT2D eigenvalue weighted by Crippen LogP contribution is -2.43. The van der Waals surface area contributed by atoms with Gasteiger partial charge in [-0.1, -0.05) is 33.8 Å². The van der Waals surface area contributed by atoms with Crippen molar-refractivity contribution < 1.29 is 9.31 Å². The molecular weight excluding hydrogens is 187 g/mol. The zero-order valence-electron chi connectivity index (χ0n) is 10.5. The maximum Gasteiger partial charge on any atom is 0.464 e. The molecule has 1 saturated heterocycles. The molecule has 0 bridgehead atoms. The minimum Gasteiger partial charge on any atom is -0.410 e. The zero-order valence-corrected chi connectivity index (χ0v) is 10.5. The Hall–Kier alpha value is -0.275. The van der Waals surface area contributed by atoms with Crippen LogP contribution in [0.25, 0.3) is 0 Å². The molecule has 1 unspecified atom stereocenters. The number of allylic oxidation sites excluding steroid dienone is 1. The van der Waals surface area contributed by atoms with Crippen LogP contribution in [0.3, 0.4) is 0 Å². The number of hydrogen-bond acceptors (Lipinski definition) is 2. The fraction of sp³-hybridized carbons (Fsp3) is 0.833. The van der Waals surface area contributed by atoms with Crippen LogP contribution in [0.15, 0.2) is 12.7 Å². The predicted octanol–water partition coefficient (Wildman–Crippen LogP) is 3.15. The topological polar surface area (TPSA) is 18.5 Å². The Labute approximate surface area is 94.2 Å². The largest absolute Gasteiger partial charge is 0.464 e. The highest BCUT2D eigenvalue weighted by molar-refractivity contribution is 6.47. The molecule has 3 heteroatoms. The first-order chi connectivity index (χ1) is 6.94. The Morgan fingerprint density at radius 2 is 1.87 bits per heavy atom. The Kier molecular flexibility index (Phi) is 4.41. The van der Waals surface area contributed by atoms with E-state index in [0.717, 1.165) is 19.6 Å². The molecule has 1 heterocycles. The van der Waals surface area contributed by atoms with Crippen LogP contribution in [0, 0.1) is 11.3 Å². The van der Waals surface area contributed by atoms with E-state index in [1.165, 1.54) is 0 Å². The lowest BCUT2D eigenvalue weighted by atomic mass is 9.66. The zero-order chi connectivity index (χ0) is 11.5.